The lowest BCUT2D eigenvalue weighted by molar-refractivity contribution is 0.0942. The molecule has 3 aromatic rings. The van der Waals surface area contributed by atoms with Crippen LogP contribution in [0.5, 0.6) is 0 Å². The molecule has 23 heavy (non-hydrogen) atoms. The van der Waals surface area contributed by atoms with Crippen LogP contribution in [0.4, 0.5) is 11.5 Å². The van der Waals surface area contributed by atoms with Crippen LogP contribution >= 0.6 is 0 Å². The lowest BCUT2D eigenvalue weighted by Crippen LogP contribution is -2.23. The zero-order chi connectivity index (χ0) is 16.1. The Labute approximate surface area is 133 Å². The molecule has 0 spiro atoms. The van der Waals surface area contributed by atoms with Gasteiger partial charge in [-0.05, 0) is 36.8 Å². The summed E-state index contributed by atoms with van der Waals surface area (Å²) in [6.07, 6.45) is 4.53. The molecule has 0 unspecified atom stereocenters. The Bertz CT molecular complexity index is 783. The van der Waals surface area contributed by atoms with Crippen molar-refractivity contribution in [3.63, 3.8) is 0 Å². The van der Waals surface area contributed by atoms with Crippen molar-refractivity contribution in [2.24, 2.45) is 0 Å². The highest BCUT2D eigenvalue weighted by molar-refractivity contribution is 5.91. The first-order valence-corrected chi connectivity index (χ1v) is 7.17. The number of aromatic nitrogens is 2. The number of rotatable bonds is 5. The zero-order valence-corrected chi connectivity index (χ0v) is 12.6. The summed E-state index contributed by atoms with van der Waals surface area (Å²) in [5.74, 6) is 0.971. The molecule has 0 radical (unpaired) electrons. The molecule has 2 heterocycles. The fourth-order valence-electron chi connectivity index (χ4n) is 2.05. The van der Waals surface area contributed by atoms with Crippen molar-refractivity contribution in [2.45, 2.75) is 13.5 Å². The van der Waals surface area contributed by atoms with Crippen LogP contribution in [0.15, 0.2) is 59.5 Å². The van der Waals surface area contributed by atoms with Gasteiger partial charge in [0, 0.05) is 5.69 Å². The molecule has 0 atom stereocenters. The molecule has 0 aliphatic rings. The Balaban J connectivity index is 1.61. The molecule has 0 saturated heterocycles. The van der Waals surface area contributed by atoms with Crippen LogP contribution in [0, 0.1) is 6.92 Å². The van der Waals surface area contributed by atoms with E-state index < -0.39 is 0 Å². The lowest BCUT2D eigenvalue weighted by Gasteiger charge is -2.07. The molecule has 0 aliphatic heterocycles. The Morgan fingerprint density at radius 3 is 2.78 bits per heavy atom. The molecule has 2 aromatic heterocycles. The van der Waals surface area contributed by atoms with Gasteiger partial charge in [-0.1, -0.05) is 12.1 Å². The summed E-state index contributed by atoms with van der Waals surface area (Å²) in [7, 11) is 0. The Kier molecular flexibility index (Phi) is 4.33. The second kappa shape index (κ2) is 6.74. The number of furan rings is 1. The number of nitrogens with zero attached hydrogens (tertiary/aromatic N) is 2. The number of carbonyl (C=O) groups excluding carboxylic acids is 1. The summed E-state index contributed by atoms with van der Waals surface area (Å²) in [6.45, 7) is 2.33. The smallest absolute Gasteiger partial charge is 0.271 e. The first-order chi connectivity index (χ1) is 11.2. The number of hydrogen-bond acceptors (Lipinski definition) is 5. The summed E-state index contributed by atoms with van der Waals surface area (Å²) in [5.41, 5.74) is 2.33. The predicted molar refractivity (Wildman–Crippen MR) is 86.4 cm³/mol. The monoisotopic (exact) mass is 308 g/mol. The molecule has 2 N–H and O–H groups in total. The lowest BCUT2D eigenvalue weighted by atomic mass is 10.2. The first kappa shape index (κ1) is 14.8. The van der Waals surface area contributed by atoms with Gasteiger partial charge in [-0.3, -0.25) is 4.79 Å². The average Bonchev–Trinajstić information content (AvgIpc) is 3.07. The molecule has 6 heteroatoms. The molecule has 0 fully saturated rings. The van der Waals surface area contributed by atoms with E-state index in [-0.39, 0.29) is 11.6 Å². The van der Waals surface area contributed by atoms with Gasteiger partial charge in [0.15, 0.2) is 0 Å². The van der Waals surface area contributed by atoms with Gasteiger partial charge in [0.2, 0.25) is 0 Å². The van der Waals surface area contributed by atoms with Gasteiger partial charge < -0.3 is 15.1 Å². The third kappa shape index (κ3) is 3.94. The van der Waals surface area contributed by atoms with E-state index in [1.807, 2.05) is 31.2 Å². The number of aryl methyl sites for hydroxylation is 1. The van der Waals surface area contributed by atoms with Crippen molar-refractivity contribution in [3.05, 3.63) is 72.1 Å². The van der Waals surface area contributed by atoms with Gasteiger partial charge in [-0.25, -0.2) is 9.97 Å². The van der Waals surface area contributed by atoms with Crippen LogP contribution < -0.4 is 10.6 Å². The van der Waals surface area contributed by atoms with Crippen molar-refractivity contribution < 1.29 is 9.21 Å². The minimum Gasteiger partial charge on any atom is -0.467 e. The van der Waals surface area contributed by atoms with Gasteiger partial charge in [-0.2, -0.15) is 0 Å². The molecule has 116 valence electrons. The second-order valence-electron chi connectivity index (χ2n) is 5.04. The summed E-state index contributed by atoms with van der Waals surface area (Å²) in [5, 5.41) is 5.87. The molecule has 1 amide bonds. The van der Waals surface area contributed by atoms with E-state index in [1.54, 1.807) is 18.4 Å². The van der Waals surface area contributed by atoms with Crippen LogP contribution in [0.1, 0.15) is 21.8 Å². The van der Waals surface area contributed by atoms with Gasteiger partial charge in [0.1, 0.15) is 17.3 Å². The average molecular weight is 308 g/mol. The van der Waals surface area contributed by atoms with E-state index in [2.05, 4.69) is 20.6 Å². The minimum atomic E-state index is -0.295. The molecule has 0 aliphatic carbocycles. The summed E-state index contributed by atoms with van der Waals surface area (Å²) in [6, 6.07) is 11.5. The third-order valence-corrected chi connectivity index (χ3v) is 3.18. The summed E-state index contributed by atoms with van der Waals surface area (Å²) >= 11 is 0. The molecule has 1 aromatic carbocycles. The topological polar surface area (TPSA) is 80.0 Å². The highest BCUT2D eigenvalue weighted by atomic mass is 16.3. The standard InChI is InChI=1S/C17H16N4O2/c1-12-4-2-5-13(8-12)21-16-11-18-15(10-19-16)17(22)20-9-14-6-3-7-23-14/h2-8,10-11H,9H2,1H3,(H,19,21)(H,20,22). The number of nitrogens with one attached hydrogen (secondary N) is 2. The fourth-order valence-corrected chi connectivity index (χ4v) is 2.05. The maximum Gasteiger partial charge on any atom is 0.271 e. The number of hydrogen-bond donors (Lipinski definition) is 2. The minimum absolute atomic E-state index is 0.256. The highest BCUT2D eigenvalue weighted by Crippen LogP contribution is 2.14. The molecular formula is C17H16N4O2. The van der Waals surface area contributed by atoms with E-state index in [0.717, 1.165) is 11.3 Å². The van der Waals surface area contributed by atoms with Gasteiger partial charge >= 0.3 is 0 Å². The number of amides is 1. The van der Waals surface area contributed by atoms with Gasteiger partial charge in [0.25, 0.3) is 5.91 Å². The Hall–Kier alpha value is -3.15. The van der Waals surface area contributed by atoms with Crippen molar-refractivity contribution >= 4 is 17.4 Å². The number of benzene rings is 1. The normalized spacial score (nSPS) is 10.3. The van der Waals surface area contributed by atoms with E-state index >= 15 is 0 Å². The zero-order valence-electron chi connectivity index (χ0n) is 12.6. The molecule has 6 nitrogen and oxygen atoms in total. The predicted octanol–water partition coefficient (Wildman–Crippen LogP) is 3.05. The maximum atomic E-state index is 12.0. The van der Waals surface area contributed by atoms with Crippen LogP contribution in [0.3, 0.4) is 0 Å². The fraction of sp³-hybridized carbons (Fsp3) is 0.118. The van der Waals surface area contributed by atoms with Crippen molar-refractivity contribution in [3.8, 4) is 0 Å². The largest absolute Gasteiger partial charge is 0.467 e. The summed E-state index contributed by atoms with van der Waals surface area (Å²) < 4.78 is 5.15. The molecule has 0 bridgehead atoms. The number of carbonyl (C=O) groups is 1. The van der Waals surface area contributed by atoms with E-state index in [0.29, 0.717) is 18.1 Å². The van der Waals surface area contributed by atoms with Crippen LogP contribution in [-0.4, -0.2) is 15.9 Å². The van der Waals surface area contributed by atoms with Crippen molar-refractivity contribution in [1.82, 2.24) is 15.3 Å². The van der Waals surface area contributed by atoms with Gasteiger partial charge in [-0.15, -0.1) is 0 Å². The Morgan fingerprint density at radius 2 is 2.09 bits per heavy atom. The molecule has 0 saturated carbocycles. The first-order valence-electron chi connectivity index (χ1n) is 7.17. The van der Waals surface area contributed by atoms with Gasteiger partial charge in [0.05, 0.1) is 25.2 Å². The second-order valence-corrected chi connectivity index (χ2v) is 5.04. The van der Waals surface area contributed by atoms with Crippen molar-refractivity contribution in [2.75, 3.05) is 5.32 Å². The van der Waals surface area contributed by atoms with E-state index in [9.17, 15) is 4.79 Å². The maximum absolute atomic E-state index is 12.0. The van der Waals surface area contributed by atoms with Crippen molar-refractivity contribution in [1.29, 1.82) is 0 Å². The Morgan fingerprint density at radius 1 is 1.17 bits per heavy atom. The van der Waals surface area contributed by atoms with E-state index in [1.165, 1.54) is 12.4 Å². The van der Waals surface area contributed by atoms with Crippen LogP contribution in [0.25, 0.3) is 0 Å². The summed E-state index contributed by atoms with van der Waals surface area (Å²) in [4.78, 5) is 20.3. The third-order valence-electron chi connectivity index (χ3n) is 3.18. The highest BCUT2D eigenvalue weighted by Gasteiger charge is 2.08. The quantitative estimate of drug-likeness (QED) is 0.757. The molecular weight excluding hydrogens is 292 g/mol. The number of anilines is 2. The SMILES string of the molecule is Cc1cccc(Nc2cnc(C(=O)NCc3ccco3)cn2)c1. The van der Waals surface area contributed by atoms with Crippen LogP contribution in [0.2, 0.25) is 0 Å². The van der Waals surface area contributed by atoms with Crippen LogP contribution in [-0.2, 0) is 6.54 Å². The van der Waals surface area contributed by atoms with E-state index in [4.69, 9.17) is 4.42 Å². The molecule has 3 rings (SSSR count).